The van der Waals surface area contributed by atoms with Crippen molar-refractivity contribution in [1.82, 2.24) is 19.8 Å². The van der Waals surface area contributed by atoms with E-state index in [4.69, 9.17) is 0 Å². The van der Waals surface area contributed by atoms with Crippen molar-refractivity contribution in [3.05, 3.63) is 84.2 Å². The van der Waals surface area contributed by atoms with Gasteiger partial charge in [-0.2, -0.15) is 0 Å². The van der Waals surface area contributed by atoms with Crippen molar-refractivity contribution in [2.24, 2.45) is 0 Å². The van der Waals surface area contributed by atoms with Gasteiger partial charge in [0.25, 0.3) is 0 Å². The van der Waals surface area contributed by atoms with Crippen molar-refractivity contribution >= 4 is 11.6 Å². The topological polar surface area (TPSA) is 38.7 Å². The molecule has 3 aromatic rings. The first kappa shape index (κ1) is 20.9. The average Bonchev–Trinajstić information content (AvgIpc) is 2.87. The summed E-state index contributed by atoms with van der Waals surface area (Å²) in [5.74, 6) is 2.19. The van der Waals surface area contributed by atoms with Crippen LogP contribution in [0.1, 0.15) is 11.1 Å². The summed E-state index contributed by atoms with van der Waals surface area (Å²) in [7, 11) is 0. The lowest BCUT2D eigenvalue weighted by atomic mass is 10.1. The van der Waals surface area contributed by atoms with Gasteiger partial charge in [0.2, 0.25) is 0 Å². The Balaban J connectivity index is 1.07. The smallest absolute Gasteiger partial charge is 0.128 e. The van der Waals surface area contributed by atoms with Gasteiger partial charge in [0.15, 0.2) is 0 Å². The van der Waals surface area contributed by atoms with Crippen LogP contribution in [0, 0.1) is 0 Å². The van der Waals surface area contributed by atoms with Crippen LogP contribution < -0.4 is 9.80 Å². The molecule has 2 aromatic heterocycles. The fourth-order valence-corrected chi connectivity index (χ4v) is 4.62. The Morgan fingerprint density at radius 3 is 1.25 bits per heavy atom. The maximum Gasteiger partial charge on any atom is 0.128 e. The first-order valence-corrected chi connectivity index (χ1v) is 11.7. The standard InChI is InChI=1S/C26H32N6/c1-3-11-27-25(5-1)31-17-13-29(14-18-31)21-23-7-9-24(10-8-23)22-30-15-19-32(20-16-30)26-6-2-4-12-28-26/h1-12H,13-22H2. The highest BCUT2D eigenvalue weighted by Crippen LogP contribution is 2.17. The minimum absolute atomic E-state index is 1.03. The second-order valence-corrected chi connectivity index (χ2v) is 8.72. The number of piperazine rings is 2. The number of nitrogens with zero attached hydrogens (tertiary/aromatic N) is 6. The number of hydrogen-bond acceptors (Lipinski definition) is 6. The minimum Gasteiger partial charge on any atom is -0.354 e. The number of hydrogen-bond donors (Lipinski definition) is 0. The zero-order chi connectivity index (χ0) is 21.6. The molecule has 2 aliphatic rings. The molecule has 0 bridgehead atoms. The summed E-state index contributed by atoms with van der Waals surface area (Å²) in [6.45, 7) is 10.5. The molecule has 0 N–H and O–H groups in total. The molecule has 0 aliphatic carbocycles. The predicted octanol–water partition coefficient (Wildman–Crippen LogP) is 3.12. The van der Waals surface area contributed by atoms with Crippen LogP contribution in [0.4, 0.5) is 11.6 Å². The van der Waals surface area contributed by atoms with E-state index in [1.165, 1.54) is 11.1 Å². The van der Waals surface area contributed by atoms with E-state index in [0.717, 1.165) is 77.1 Å². The monoisotopic (exact) mass is 428 g/mol. The summed E-state index contributed by atoms with van der Waals surface area (Å²) in [4.78, 5) is 18.8. The Hall–Kier alpha value is -2.96. The summed E-state index contributed by atoms with van der Waals surface area (Å²) in [6, 6.07) is 21.5. The Labute approximate surface area is 191 Å². The first-order valence-electron chi connectivity index (χ1n) is 11.7. The Kier molecular flexibility index (Phi) is 6.61. The van der Waals surface area contributed by atoms with Crippen molar-refractivity contribution < 1.29 is 0 Å². The largest absolute Gasteiger partial charge is 0.354 e. The molecule has 1 aromatic carbocycles. The molecule has 0 saturated carbocycles. The lowest BCUT2D eigenvalue weighted by molar-refractivity contribution is 0.247. The molecule has 2 fully saturated rings. The van der Waals surface area contributed by atoms with Gasteiger partial charge in [0.1, 0.15) is 11.6 Å². The number of pyridine rings is 2. The van der Waals surface area contributed by atoms with Gasteiger partial charge in [-0.3, -0.25) is 9.80 Å². The molecule has 0 amide bonds. The van der Waals surface area contributed by atoms with Gasteiger partial charge in [-0.15, -0.1) is 0 Å². The average molecular weight is 429 g/mol. The summed E-state index contributed by atoms with van der Waals surface area (Å²) >= 11 is 0. The summed E-state index contributed by atoms with van der Waals surface area (Å²) in [6.07, 6.45) is 3.76. The zero-order valence-corrected chi connectivity index (χ0v) is 18.7. The fourth-order valence-electron chi connectivity index (χ4n) is 4.62. The number of anilines is 2. The normalized spacial score (nSPS) is 18.1. The van der Waals surface area contributed by atoms with Gasteiger partial charge in [0.05, 0.1) is 0 Å². The molecular weight excluding hydrogens is 396 g/mol. The molecule has 0 atom stereocenters. The van der Waals surface area contributed by atoms with Crippen molar-refractivity contribution in [3.8, 4) is 0 Å². The van der Waals surface area contributed by atoms with E-state index in [1.54, 1.807) is 0 Å². The summed E-state index contributed by atoms with van der Waals surface area (Å²) < 4.78 is 0. The molecule has 166 valence electrons. The van der Waals surface area contributed by atoms with E-state index in [0.29, 0.717) is 0 Å². The molecule has 32 heavy (non-hydrogen) atoms. The number of rotatable bonds is 6. The Morgan fingerprint density at radius 2 is 0.906 bits per heavy atom. The van der Waals surface area contributed by atoms with Gasteiger partial charge in [-0.1, -0.05) is 36.4 Å². The van der Waals surface area contributed by atoms with Crippen LogP contribution in [0.15, 0.2) is 73.1 Å². The Bertz CT molecular complexity index is 866. The molecule has 5 rings (SSSR count). The predicted molar refractivity (Wildman–Crippen MR) is 130 cm³/mol. The van der Waals surface area contributed by atoms with Gasteiger partial charge < -0.3 is 9.80 Å². The summed E-state index contributed by atoms with van der Waals surface area (Å²) in [5.41, 5.74) is 2.81. The first-order chi connectivity index (χ1) is 15.8. The molecule has 0 spiro atoms. The molecule has 2 saturated heterocycles. The highest BCUT2D eigenvalue weighted by atomic mass is 15.3. The SMILES string of the molecule is c1ccc(N2CCN(Cc3ccc(CN4CCN(c5ccccn5)CC4)cc3)CC2)nc1. The maximum atomic E-state index is 4.49. The molecule has 0 unspecified atom stereocenters. The quantitative estimate of drug-likeness (QED) is 0.601. The fraction of sp³-hybridized carbons (Fsp3) is 0.385. The number of benzene rings is 1. The molecule has 6 nitrogen and oxygen atoms in total. The third kappa shape index (κ3) is 5.26. The van der Waals surface area contributed by atoms with E-state index in [1.807, 2.05) is 24.5 Å². The van der Waals surface area contributed by atoms with Gasteiger partial charge in [0, 0.05) is 77.8 Å². The van der Waals surface area contributed by atoms with Gasteiger partial charge >= 0.3 is 0 Å². The van der Waals surface area contributed by atoms with Crippen molar-refractivity contribution in [3.63, 3.8) is 0 Å². The van der Waals surface area contributed by atoms with E-state index < -0.39 is 0 Å². The highest BCUT2D eigenvalue weighted by molar-refractivity contribution is 5.39. The molecule has 0 radical (unpaired) electrons. The van der Waals surface area contributed by atoms with Crippen LogP contribution in [-0.2, 0) is 13.1 Å². The third-order valence-corrected chi connectivity index (χ3v) is 6.53. The lowest BCUT2D eigenvalue weighted by Gasteiger charge is -2.35. The summed E-state index contributed by atoms with van der Waals surface area (Å²) in [5, 5.41) is 0. The minimum atomic E-state index is 1.03. The van der Waals surface area contributed by atoms with E-state index in [2.05, 4.69) is 78.1 Å². The van der Waals surface area contributed by atoms with Crippen LogP contribution in [0.25, 0.3) is 0 Å². The number of aromatic nitrogens is 2. The second-order valence-electron chi connectivity index (χ2n) is 8.72. The van der Waals surface area contributed by atoms with E-state index in [9.17, 15) is 0 Å². The van der Waals surface area contributed by atoms with Gasteiger partial charge in [-0.05, 0) is 35.4 Å². The van der Waals surface area contributed by atoms with Crippen molar-refractivity contribution in [2.75, 3.05) is 62.2 Å². The third-order valence-electron chi connectivity index (χ3n) is 6.53. The van der Waals surface area contributed by atoms with Crippen LogP contribution in [0.5, 0.6) is 0 Å². The van der Waals surface area contributed by atoms with E-state index >= 15 is 0 Å². The van der Waals surface area contributed by atoms with E-state index in [-0.39, 0.29) is 0 Å². The van der Waals surface area contributed by atoms with Crippen molar-refractivity contribution in [1.29, 1.82) is 0 Å². The second kappa shape index (κ2) is 10.1. The Morgan fingerprint density at radius 1 is 0.500 bits per heavy atom. The van der Waals surface area contributed by atoms with Crippen LogP contribution in [0.2, 0.25) is 0 Å². The molecule has 2 aliphatic heterocycles. The zero-order valence-electron chi connectivity index (χ0n) is 18.7. The highest BCUT2D eigenvalue weighted by Gasteiger charge is 2.19. The van der Waals surface area contributed by atoms with Crippen LogP contribution in [-0.4, -0.2) is 72.1 Å². The molecule has 6 heteroatoms. The van der Waals surface area contributed by atoms with Crippen LogP contribution in [0.3, 0.4) is 0 Å². The maximum absolute atomic E-state index is 4.49. The van der Waals surface area contributed by atoms with Crippen LogP contribution >= 0.6 is 0 Å². The van der Waals surface area contributed by atoms with Gasteiger partial charge in [-0.25, -0.2) is 9.97 Å². The molecule has 4 heterocycles. The lowest BCUT2D eigenvalue weighted by Crippen LogP contribution is -2.46. The van der Waals surface area contributed by atoms with Crippen molar-refractivity contribution in [2.45, 2.75) is 13.1 Å². The molecular formula is C26H32N6.